The predicted molar refractivity (Wildman–Crippen MR) is 87.5 cm³/mol. The molecular formula is C12H10BrClN2O3S2. The number of hydrogen-bond acceptors (Lipinski definition) is 4. The van der Waals surface area contributed by atoms with E-state index < -0.39 is 15.9 Å². The Bertz CT molecular complexity index is 798. The second-order valence-corrected chi connectivity index (χ2v) is 8.87. The molecule has 0 saturated carbocycles. The Kier molecular flexibility index (Phi) is 4.62. The summed E-state index contributed by atoms with van der Waals surface area (Å²) in [6.45, 7) is 1.79. The lowest BCUT2D eigenvalue weighted by molar-refractivity contribution is 0.100. The molecule has 9 heteroatoms. The monoisotopic (exact) mass is 408 g/mol. The van der Waals surface area contributed by atoms with Crippen molar-refractivity contribution in [2.75, 3.05) is 4.72 Å². The normalized spacial score (nSPS) is 11.4. The number of primary amides is 1. The van der Waals surface area contributed by atoms with Gasteiger partial charge in [0, 0.05) is 5.56 Å². The fraction of sp³-hybridized carbons (Fsp3) is 0.0833. The summed E-state index contributed by atoms with van der Waals surface area (Å²) in [5.41, 5.74) is 6.26. The molecule has 0 spiro atoms. The highest BCUT2D eigenvalue weighted by Gasteiger charge is 2.20. The van der Waals surface area contributed by atoms with Gasteiger partial charge in [-0.3, -0.25) is 9.52 Å². The molecule has 2 rings (SSSR count). The smallest absolute Gasteiger partial charge is 0.271 e. The Morgan fingerprint density at radius 2 is 2.05 bits per heavy atom. The van der Waals surface area contributed by atoms with Gasteiger partial charge in [-0.2, -0.15) is 0 Å². The van der Waals surface area contributed by atoms with Crippen LogP contribution in [0.4, 0.5) is 5.69 Å². The third-order valence-corrected chi connectivity index (χ3v) is 6.90. The highest BCUT2D eigenvalue weighted by Crippen LogP contribution is 2.33. The zero-order chi connectivity index (χ0) is 15.8. The molecule has 1 heterocycles. The predicted octanol–water partition coefficient (Wildman–Crippen LogP) is 3.37. The number of anilines is 1. The molecule has 0 aliphatic rings. The first-order chi connectivity index (χ1) is 9.70. The van der Waals surface area contributed by atoms with Crippen molar-refractivity contribution in [3.63, 3.8) is 0 Å². The Morgan fingerprint density at radius 3 is 2.57 bits per heavy atom. The van der Waals surface area contributed by atoms with Crippen LogP contribution in [-0.2, 0) is 10.0 Å². The minimum Gasteiger partial charge on any atom is -0.366 e. The largest absolute Gasteiger partial charge is 0.366 e. The molecule has 0 atom stereocenters. The fourth-order valence-electron chi connectivity index (χ4n) is 1.52. The molecule has 3 N–H and O–H groups in total. The van der Waals surface area contributed by atoms with E-state index in [2.05, 4.69) is 20.7 Å². The van der Waals surface area contributed by atoms with Crippen molar-refractivity contribution in [3.05, 3.63) is 44.2 Å². The van der Waals surface area contributed by atoms with Gasteiger partial charge in [-0.15, -0.1) is 11.3 Å². The molecule has 21 heavy (non-hydrogen) atoms. The van der Waals surface area contributed by atoms with E-state index >= 15 is 0 Å². The molecular weight excluding hydrogens is 400 g/mol. The summed E-state index contributed by atoms with van der Waals surface area (Å²) < 4.78 is 27.9. The zero-order valence-corrected chi connectivity index (χ0v) is 14.7. The number of thiophene rings is 1. The van der Waals surface area contributed by atoms with Crippen molar-refractivity contribution in [2.45, 2.75) is 11.1 Å². The van der Waals surface area contributed by atoms with Crippen LogP contribution in [0.5, 0.6) is 0 Å². The number of nitrogens with one attached hydrogen (secondary N) is 1. The second kappa shape index (κ2) is 5.96. The average molecular weight is 410 g/mol. The van der Waals surface area contributed by atoms with E-state index in [4.69, 9.17) is 17.3 Å². The van der Waals surface area contributed by atoms with E-state index in [1.807, 2.05) is 0 Å². The van der Waals surface area contributed by atoms with Crippen LogP contribution in [0, 0.1) is 6.92 Å². The van der Waals surface area contributed by atoms with Crippen molar-refractivity contribution >= 4 is 60.5 Å². The maximum Gasteiger partial charge on any atom is 0.271 e. The molecule has 112 valence electrons. The molecule has 1 aromatic heterocycles. The quantitative estimate of drug-likeness (QED) is 0.811. The molecule has 0 aliphatic carbocycles. The number of aryl methyl sites for hydroxylation is 1. The summed E-state index contributed by atoms with van der Waals surface area (Å²) in [6.07, 6.45) is 0. The third kappa shape index (κ3) is 3.57. The average Bonchev–Trinajstić information content (AvgIpc) is 2.73. The molecule has 0 saturated heterocycles. The highest BCUT2D eigenvalue weighted by molar-refractivity contribution is 9.11. The molecule has 2 aromatic rings. The molecule has 5 nitrogen and oxygen atoms in total. The number of nitrogens with two attached hydrogens (primary N) is 1. The van der Waals surface area contributed by atoms with Crippen LogP contribution in [0.2, 0.25) is 5.02 Å². The van der Waals surface area contributed by atoms with Crippen molar-refractivity contribution in [3.8, 4) is 0 Å². The Balaban J connectivity index is 2.41. The highest BCUT2D eigenvalue weighted by atomic mass is 79.9. The Morgan fingerprint density at radius 1 is 1.38 bits per heavy atom. The first-order valence-corrected chi connectivity index (χ1v) is 9.06. The van der Waals surface area contributed by atoms with Gasteiger partial charge in [-0.1, -0.05) is 11.6 Å². The molecule has 1 aromatic carbocycles. The molecule has 1 amide bonds. The number of carbonyl (C=O) groups excluding carboxylic acids is 1. The number of amides is 1. The van der Waals surface area contributed by atoms with E-state index in [1.54, 1.807) is 13.0 Å². The lowest BCUT2D eigenvalue weighted by Crippen LogP contribution is -2.14. The van der Waals surface area contributed by atoms with Crippen molar-refractivity contribution in [1.29, 1.82) is 0 Å². The first-order valence-electron chi connectivity index (χ1n) is 5.59. The summed E-state index contributed by atoms with van der Waals surface area (Å²) in [6, 6.07) is 5.68. The van der Waals surface area contributed by atoms with Crippen LogP contribution in [0.25, 0.3) is 0 Å². The van der Waals surface area contributed by atoms with Gasteiger partial charge in [-0.05, 0) is 52.7 Å². The van der Waals surface area contributed by atoms with Crippen LogP contribution in [0.3, 0.4) is 0 Å². The SMILES string of the molecule is Cc1cc(S(=O)(=O)Nc2cc(C(N)=O)ccc2Cl)sc1Br. The number of benzene rings is 1. The lowest BCUT2D eigenvalue weighted by Gasteiger charge is -2.09. The topological polar surface area (TPSA) is 89.3 Å². The number of rotatable bonds is 4. The number of hydrogen-bond donors (Lipinski definition) is 2. The van der Waals surface area contributed by atoms with Gasteiger partial charge in [0.2, 0.25) is 5.91 Å². The second-order valence-electron chi connectivity index (χ2n) is 4.19. The Labute approximate surface area is 139 Å². The maximum absolute atomic E-state index is 12.3. The van der Waals surface area contributed by atoms with Gasteiger partial charge in [0.05, 0.1) is 14.5 Å². The summed E-state index contributed by atoms with van der Waals surface area (Å²) in [4.78, 5) is 11.1. The van der Waals surface area contributed by atoms with Gasteiger partial charge in [0.1, 0.15) is 4.21 Å². The van der Waals surface area contributed by atoms with Gasteiger partial charge in [-0.25, -0.2) is 8.42 Å². The number of carbonyl (C=O) groups is 1. The van der Waals surface area contributed by atoms with Crippen molar-refractivity contribution in [1.82, 2.24) is 0 Å². The summed E-state index contributed by atoms with van der Waals surface area (Å²) in [5.74, 6) is -0.665. The zero-order valence-electron chi connectivity index (χ0n) is 10.7. The maximum atomic E-state index is 12.3. The van der Waals surface area contributed by atoms with Crippen molar-refractivity contribution < 1.29 is 13.2 Å². The standard InChI is InChI=1S/C12H10BrClN2O3S2/c1-6-4-10(20-11(6)13)21(18,19)16-9-5-7(12(15)17)2-3-8(9)14/h2-5,16H,1H3,(H2,15,17). The summed E-state index contributed by atoms with van der Waals surface area (Å²) >= 11 is 10.3. The minimum atomic E-state index is -3.78. The van der Waals surface area contributed by atoms with Crippen LogP contribution in [0.15, 0.2) is 32.3 Å². The van der Waals surface area contributed by atoms with E-state index in [-0.39, 0.29) is 20.5 Å². The molecule has 0 unspecified atom stereocenters. The molecule has 0 radical (unpaired) electrons. The summed E-state index contributed by atoms with van der Waals surface area (Å²) in [5, 5.41) is 0.177. The molecule has 0 bridgehead atoms. The molecule has 0 aliphatic heterocycles. The van der Waals surface area contributed by atoms with Gasteiger partial charge in [0.15, 0.2) is 0 Å². The number of halogens is 2. The van der Waals surface area contributed by atoms with Gasteiger partial charge in [0.25, 0.3) is 10.0 Å². The van der Waals surface area contributed by atoms with Crippen molar-refractivity contribution in [2.24, 2.45) is 5.73 Å². The summed E-state index contributed by atoms with van der Waals surface area (Å²) in [7, 11) is -3.78. The van der Waals surface area contributed by atoms with Crippen LogP contribution in [-0.4, -0.2) is 14.3 Å². The van der Waals surface area contributed by atoms with Crippen LogP contribution >= 0.6 is 38.9 Å². The van der Waals surface area contributed by atoms with Crippen LogP contribution in [0.1, 0.15) is 15.9 Å². The van der Waals surface area contributed by atoms with Crippen LogP contribution < -0.4 is 10.5 Å². The number of sulfonamides is 1. The third-order valence-electron chi connectivity index (χ3n) is 2.59. The van der Waals surface area contributed by atoms with E-state index in [1.165, 1.54) is 18.2 Å². The Hall–Kier alpha value is -1.09. The van der Waals surface area contributed by atoms with Gasteiger partial charge < -0.3 is 5.73 Å². The molecule has 0 fully saturated rings. The van der Waals surface area contributed by atoms with E-state index in [0.29, 0.717) is 0 Å². The van der Waals surface area contributed by atoms with E-state index in [0.717, 1.165) is 20.7 Å². The lowest BCUT2D eigenvalue weighted by atomic mass is 10.2. The van der Waals surface area contributed by atoms with E-state index in [9.17, 15) is 13.2 Å². The fourth-order valence-corrected chi connectivity index (χ4v) is 5.03. The van der Waals surface area contributed by atoms with Gasteiger partial charge >= 0.3 is 0 Å². The first kappa shape index (κ1) is 16.3. The minimum absolute atomic E-state index is 0.107.